The van der Waals surface area contributed by atoms with Gasteiger partial charge in [-0.3, -0.25) is 0 Å². The zero-order valence-corrected chi connectivity index (χ0v) is 10.8. The summed E-state index contributed by atoms with van der Waals surface area (Å²) < 4.78 is 11.2. The van der Waals surface area contributed by atoms with E-state index in [0.29, 0.717) is 6.10 Å². The van der Waals surface area contributed by atoms with Crippen LogP contribution in [0, 0.1) is 0 Å². The molecule has 0 bridgehead atoms. The van der Waals surface area contributed by atoms with Gasteiger partial charge in [-0.1, -0.05) is 35.2 Å². The van der Waals surface area contributed by atoms with Crippen LogP contribution in [0.2, 0.25) is 0 Å². The van der Waals surface area contributed by atoms with Gasteiger partial charge in [0.15, 0.2) is 5.79 Å². The molecule has 0 aromatic heterocycles. The highest BCUT2D eigenvalue weighted by molar-refractivity contribution is 9.09. The van der Waals surface area contributed by atoms with Gasteiger partial charge in [0.25, 0.3) is 0 Å². The van der Waals surface area contributed by atoms with E-state index in [1.165, 1.54) is 25.7 Å². The molecular formula is C11H21BrO2. The molecular weight excluding hydrogens is 244 g/mol. The van der Waals surface area contributed by atoms with Gasteiger partial charge in [-0.2, -0.15) is 0 Å². The Labute approximate surface area is 95.5 Å². The van der Waals surface area contributed by atoms with E-state index < -0.39 is 0 Å². The first kappa shape index (κ1) is 12.5. The van der Waals surface area contributed by atoms with Crippen LogP contribution in [0.3, 0.4) is 0 Å². The minimum atomic E-state index is -0.347. The monoisotopic (exact) mass is 264 g/mol. The van der Waals surface area contributed by atoms with Crippen molar-refractivity contribution in [1.82, 2.24) is 0 Å². The molecule has 14 heavy (non-hydrogen) atoms. The molecule has 0 aromatic rings. The molecule has 1 aliphatic rings. The van der Waals surface area contributed by atoms with Gasteiger partial charge >= 0.3 is 0 Å². The lowest BCUT2D eigenvalue weighted by atomic mass is 10.1. The smallest absolute Gasteiger partial charge is 0.163 e. The Bertz CT molecular complexity index is 159. The molecule has 1 atom stereocenters. The van der Waals surface area contributed by atoms with Crippen molar-refractivity contribution in [1.29, 1.82) is 0 Å². The molecule has 0 radical (unpaired) electrons. The summed E-state index contributed by atoms with van der Waals surface area (Å²) in [6.07, 6.45) is 6.65. The van der Waals surface area contributed by atoms with Crippen LogP contribution >= 0.6 is 15.9 Å². The van der Waals surface area contributed by atoms with Crippen molar-refractivity contribution in [2.75, 3.05) is 11.9 Å². The lowest BCUT2D eigenvalue weighted by Gasteiger charge is -2.16. The Balaban J connectivity index is 1.98. The highest BCUT2D eigenvalue weighted by atomic mass is 79.9. The normalized spacial score (nSPS) is 25.5. The van der Waals surface area contributed by atoms with Gasteiger partial charge in [0.1, 0.15) is 0 Å². The fourth-order valence-electron chi connectivity index (χ4n) is 1.73. The first-order chi connectivity index (χ1) is 6.64. The molecule has 0 N–H and O–H groups in total. The van der Waals surface area contributed by atoms with Crippen molar-refractivity contribution in [2.24, 2.45) is 0 Å². The molecule has 1 saturated heterocycles. The Morgan fingerprint density at radius 2 is 1.93 bits per heavy atom. The molecule has 0 aliphatic carbocycles. The lowest BCUT2D eigenvalue weighted by Crippen LogP contribution is -2.21. The summed E-state index contributed by atoms with van der Waals surface area (Å²) in [4.78, 5) is 0. The highest BCUT2D eigenvalue weighted by Crippen LogP contribution is 2.25. The molecule has 84 valence electrons. The number of hydrogen-bond donors (Lipinski definition) is 0. The summed E-state index contributed by atoms with van der Waals surface area (Å²) >= 11 is 3.44. The molecule has 1 heterocycles. The summed E-state index contributed by atoms with van der Waals surface area (Å²) in [6, 6.07) is 0. The van der Waals surface area contributed by atoms with Crippen molar-refractivity contribution in [3.05, 3.63) is 0 Å². The van der Waals surface area contributed by atoms with E-state index in [4.69, 9.17) is 9.47 Å². The number of hydrogen-bond acceptors (Lipinski definition) is 2. The van der Waals surface area contributed by atoms with E-state index in [-0.39, 0.29) is 5.79 Å². The molecule has 0 aromatic carbocycles. The second kappa shape index (κ2) is 6.09. The number of unbranched alkanes of at least 4 members (excludes halogenated alkanes) is 3. The van der Waals surface area contributed by atoms with Gasteiger partial charge in [-0.25, -0.2) is 0 Å². The summed E-state index contributed by atoms with van der Waals surface area (Å²) in [5, 5.41) is 1.13. The van der Waals surface area contributed by atoms with E-state index in [2.05, 4.69) is 15.9 Å². The third kappa shape index (κ3) is 4.76. The minimum absolute atomic E-state index is 0.328. The van der Waals surface area contributed by atoms with E-state index in [9.17, 15) is 0 Å². The molecule has 1 aliphatic heterocycles. The van der Waals surface area contributed by atoms with Gasteiger partial charge in [0, 0.05) is 5.33 Å². The number of ether oxygens (including phenoxy) is 2. The molecule has 1 rings (SSSR count). The average Bonchev–Trinajstić information content (AvgIpc) is 2.45. The molecule has 0 spiro atoms. The lowest BCUT2D eigenvalue weighted by molar-refractivity contribution is -0.139. The molecule has 3 heteroatoms. The summed E-state index contributed by atoms with van der Waals surface area (Å²) in [5.74, 6) is -0.347. The van der Waals surface area contributed by atoms with Crippen molar-refractivity contribution in [3.63, 3.8) is 0 Å². The van der Waals surface area contributed by atoms with Crippen molar-refractivity contribution < 1.29 is 9.47 Å². The Hall–Kier alpha value is 0.400. The first-order valence-corrected chi connectivity index (χ1v) is 6.64. The molecule has 1 unspecified atom stereocenters. The third-order valence-electron chi connectivity index (χ3n) is 2.48. The Morgan fingerprint density at radius 3 is 2.50 bits per heavy atom. The van der Waals surface area contributed by atoms with Crippen LogP contribution in [-0.2, 0) is 9.47 Å². The van der Waals surface area contributed by atoms with Gasteiger partial charge in [-0.05, 0) is 26.7 Å². The number of alkyl halides is 1. The van der Waals surface area contributed by atoms with Crippen LogP contribution in [0.5, 0.6) is 0 Å². The minimum Gasteiger partial charge on any atom is -0.348 e. The van der Waals surface area contributed by atoms with E-state index in [0.717, 1.165) is 18.4 Å². The standard InChI is InChI=1S/C11H21BrO2/c1-11(2)13-9-10(14-11)7-5-3-4-6-8-12/h10H,3-9H2,1-2H3. The largest absolute Gasteiger partial charge is 0.348 e. The molecule has 0 amide bonds. The van der Waals surface area contributed by atoms with Crippen LogP contribution in [0.15, 0.2) is 0 Å². The maximum absolute atomic E-state index is 5.72. The summed E-state index contributed by atoms with van der Waals surface area (Å²) in [7, 11) is 0. The maximum atomic E-state index is 5.72. The van der Waals surface area contributed by atoms with Crippen molar-refractivity contribution in [2.45, 2.75) is 57.8 Å². The number of rotatable bonds is 6. The van der Waals surface area contributed by atoms with Crippen LogP contribution in [-0.4, -0.2) is 23.8 Å². The van der Waals surface area contributed by atoms with Gasteiger partial charge in [-0.15, -0.1) is 0 Å². The van der Waals surface area contributed by atoms with Gasteiger partial charge in [0.2, 0.25) is 0 Å². The van der Waals surface area contributed by atoms with Crippen LogP contribution < -0.4 is 0 Å². The maximum Gasteiger partial charge on any atom is 0.163 e. The van der Waals surface area contributed by atoms with E-state index in [1.54, 1.807) is 0 Å². The summed E-state index contributed by atoms with van der Waals surface area (Å²) in [6.45, 7) is 4.74. The van der Waals surface area contributed by atoms with Crippen LogP contribution in [0.4, 0.5) is 0 Å². The quantitative estimate of drug-likeness (QED) is 0.540. The molecule has 2 nitrogen and oxygen atoms in total. The van der Waals surface area contributed by atoms with Gasteiger partial charge < -0.3 is 9.47 Å². The third-order valence-corrected chi connectivity index (χ3v) is 3.04. The second-order valence-electron chi connectivity index (χ2n) is 4.34. The van der Waals surface area contributed by atoms with Crippen LogP contribution in [0.25, 0.3) is 0 Å². The SMILES string of the molecule is CC1(C)OCC(CCCCCCBr)O1. The zero-order chi connectivity index (χ0) is 10.4. The van der Waals surface area contributed by atoms with Crippen molar-refractivity contribution >= 4 is 15.9 Å². The Morgan fingerprint density at radius 1 is 1.21 bits per heavy atom. The predicted molar refractivity (Wildman–Crippen MR) is 61.8 cm³/mol. The fourth-order valence-corrected chi connectivity index (χ4v) is 2.12. The highest BCUT2D eigenvalue weighted by Gasteiger charge is 2.31. The van der Waals surface area contributed by atoms with Crippen LogP contribution in [0.1, 0.15) is 46.0 Å². The zero-order valence-electron chi connectivity index (χ0n) is 9.22. The van der Waals surface area contributed by atoms with Crippen molar-refractivity contribution in [3.8, 4) is 0 Å². The average molecular weight is 265 g/mol. The molecule has 1 fully saturated rings. The van der Waals surface area contributed by atoms with E-state index in [1.807, 2.05) is 13.8 Å². The fraction of sp³-hybridized carbons (Fsp3) is 1.00. The van der Waals surface area contributed by atoms with Gasteiger partial charge in [0.05, 0.1) is 12.7 Å². The Kier molecular flexibility index (Phi) is 5.42. The molecule has 0 saturated carbocycles. The number of halogens is 1. The second-order valence-corrected chi connectivity index (χ2v) is 5.14. The summed E-state index contributed by atoms with van der Waals surface area (Å²) in [5.41, 5.74) is 0. The topological polar surface area (TPSA) is 18.5 Å². The predicted octanol–water partition coefficient (Wildman–Crippen LogP) is 3.48. The van der Waals surface area contributed by atoms with E-state index >= 15 is 0 Å². The first-order valence-electron chi connectivity index (χ1n) is 5.52.